The van der Waals surface area contributed by atoms with Crippen molar-refractivity contribution < 1.29 is 0 Å². The summed E-state index contributed by atoms with van der Waals surface area (Å²) < 4.78 is 0. The zero-order chi connectivity index (χ0) is 11.4. The zero-order valence-corrected chi connectivity index (χ0v) is 9.15. The van der Waals surface area contributed by atoms with Crippen molar-refractivity contribution in [3.05, 3.63) is 47.9 Å². The lowest BCUT2D eigenvalue weighted by molar-refractivity contribution is 1.23. The number of hydrogen-bond donors (Lipinski definition) is 0. The van der Waals surface area contributed by atoms with Gasteiger partial charge in [0.2, 0.25) is 0 Å². The van der Waals surface area contributed by atoms with Crippen molar-refractivity contribution >= 4 is 11.6 Å². The first-order valence-electron chi connectivity index (χ1n) is 4.70. The van der Waals surface area contributed by atoms with Gasteiger partial charge in [-0.3, -0.25) is 9.97 Å². The molecule has 0 spiro atoms. The Bertz CT molecular complexity index is 529. The Morgan fingerprint density at radius 2 is 2.12 bits per heavy atom. The zero-order valence-electron chi connectivity index (χ0n) is 8.39. The molecule has 4 heteroatoms. The van der Waals surface area contributed by atoms with Crippen molar-refractivity contribution in [2.75, 3.05) is 0 Å². The largest absolute Gasteiger partial charge is 0.263 e. The van der Waals surface area contributed by atoms with Gasteiger partial charge in [-0.15, -0.1) is 11.6 Å². The quantitative estimate of drug-likeness (QED) is 0.744. The number of nitriles is 1. The molecule has 16 heavy (non-hydrogen) atoms. The van der Waals surface area contributed by atoms with Gasteiger partial charge in [0.1, 0.15) is 6.07 Å². The van der Waals surface area contributed by atoms with E-state index >= 15 is 0 Å². The first kappa shape index (κ1) is 10.6. The summed E-state index contributed by atoms with van der Waals surface area (Å²) in [5.41, 5.74) is 3.12. The summed E-state index contributed by atoms with van der Waals surface area (Å²) in [7, 11) is 0. The Balaban J connectivity index is 2.39. The van der Waals surface area contributed by atoms with Gasteiger partial charge in [0, 0.05) is 30.0 Å². The second-order valence-corrected chi connectivity index (χ2v) is 3.53. The summed E-state index contributed by atoms with van der Waals surface area (Å²) >= 11 is 5.68. The van der Waals surface area contributed by atoms with Crippen LogP contribution in [0, 0.1) is 11.3 Å². The van der Waals surface area contributed by atoms with Gasteiger partial charge in [-0.05, 0) is 17.7 Å². The third kappa shape index (κ3) is 2.18. The van der Waals surface area contributed by atoms with Crippen molar-refractivity contribution in [3.8, 4) is 17.3 Å². The fraction of sp³-hybridized carbons (Fsp3) is 0.0833. The molecule has 0 unspecified atom stereocenters. The highest BCUT2D eigenvalue weighted by Crippen LogP contribution is 2.17. The molecule has 3 nitrogen and oxygen atoms in total. The first-order chi connectivity index (χ1) is 7.83. The molecule has 0 aromatic carbocycles. The lowest BCUT2D eigenvalue weighted by Crippen LogP contribution is -1.88. The van der Waals surface area contributed by atoms with Crippen molar-refractivity contribution in [3.63, 3.8) is 0 Å². The van der Waals surface area contributed by atoms with Crippen LogP contribution < -0.4 is 0 Å². The smallest absolute Gasteiger partial charge is 0.101 e. The van der Waals surface area contributed by atoms with E-state index < -0.39 is 0 Å². The van der Waals surface area contributed by atoms with Crippen LogP contribution in [0.2, 0.25) is 0 Å². The molecule has 0 amide bonds. The molecule has 0 atom stereocenters. The average molecular weight is 230 g/mol. The number of halogens is 1. The van der Waals surface area contributed by atoms with E-state index in [2.05, 4.69) is 9.97 Å². The molecule has 2 rings (SSSR count). The maximum atomic E-state index is 8.76. The molecular weight excluding hydrogens is 222 g/mol. The normalized spacial score (nSPS) is 9.75. The van der Waals surface area contributed by atoms with Crippen LogP contribution in [0.4, 0.5) is 0 Å². The monoisotopic (exact) mass is 229 g/mol. The lowest BCUT2D eigenvalue weighted by atomic mass is 10.1. The van der Waals surface area contributed by atoms with Gasteiger partial charge in [0.05, 0.1) is 11.3 Å². The summed E-state index contributed by atoms with van der Waals surface area (Å²) in [6, 6.07) is 7.59. The molecule has 0 bridgehead atoms. The second kappa shape index (κ2) is 4.73. The highest BCUT2D eigenvalue weighted by Gasteiger charge is 2.01. The lowest BCUT2D eigenvalue weighted by Gasteiger charge is -2.01. The summed E-state index contributed by atoms with van der Waals surface area (Å²) in [4.78, 5) is 8.25. The summed E-state index contributed by atoms with van der Waals surface area (Å²) in [5, 5.41) is 8.76. The Morgan fingerprint density at radius 3 is 2.75 bits per heavy atom. The summed E-state index contributed by atoms with van der Waals surface area (Å²) in [6.07, 6.45) is 4.93. The van der Waals surface area contributed by atoms with Gasteiger partial charge in [0.25, 0.3) is 0 Å². The van der Waals surface area contributed by atoms with Crippen LogP contribution >= 0.6 is 11.6 Å². The van der Waals surface area contributed by atoms with Crippen LogP contribution in [-0.2, 0) is 5.88 Å². The highest BCUT2D eigenvalue weighted by molar-refractivity contribution is 6.17. The number of rotatable bonds is 2. The maximum Gasteiger partial charge on any atom is 0.101 e. The Labute approximate surface area is 98.4 Å². The van der Waals surface area contributed by atoms with Crippen LogP contribution in [0.5, 0.6) is 0 Å². The molecule has 0 saturated heterocycles. The number of aromatic nitrogens is 2. The Kier molecular flexibility index (Phi) is 3.13. The van der Waals surface area contributed by atoms with Crippen LogP contribution in [-0.4, -0.2) is 9.97 Å². The van der Waals surface area contributed by atoms with E-state index in [-0.39, 0.29) is 0 Å². The van der Waals surface area contributed by atoms with Gasteiger partial charge in [-0.2, -0.15) is 5.26 Å². The van der Waals surface area contributed by atoms with Crippen LogP contribution in [0.25, 0.3) is 11.3 Å². The minimum absolute atomic E-state index is 0.448. The standard InChI is InChI=1S/C12H8ClN3/c13-4-9-1-2-12(16-7-9)11-3-10(5-14)6-15-8-11/h1-3,6-8H,4H2. The molecule has 2 aromatic heterocycles. The van der Waals surface area contributed by atoms with Crippen molar-refractivity contribution in [1.82, 2.24) is 9.97 Å². The molecule has 2 aromatic rings. The SMILES string of the molecule is N#Cc1cncc(-c2ccc(CCl)cn2)c1. The molecule has 78 valence electrons. The molecule has 0 fully saturated rings. The van der Waals surface area contributed by atoms with E-state index in [0.717, 1.165) is 16.8 Å². The van der Waals surface area contributed by atoms with Crippen molar-refractivity contribution in [2.24, 2.45) is 0 Å². The van der Waals surface area contributed by atoms with Gasteiger partial charge < -0.3 is 0 Å². The third-order valence-corrected chi connectivity index (χ3v) is 2.45. The fourth-order valence-corrected chi connectivity index (χ4v) is 1.47. The molecule has 0 aliphatic carbocycles. The fourth-order valence-electron chi connectivity index (χ4n) is 1.32. The van der Waals surface area contributed by atoms with Crippen LogP contribution in [0.15, 0.2) is 36.8 Å². The van der Waals surface area contributed by atoms with E-state index in [4.69, 9.17) is 16.9 Å². The Hall–Kier alpha value is -1.92. The van der Waals surface area contributed by atoms with Gasteiger partial charge >= 0.3 is 0 Å². The summed E-state index contributed by atoms with van der Waals surface area (Å²) in [6.45, 7) is 0. The van der Waals surface area contributed by atoms with Gasteiger partial charge in [-0.1, -0.05) is 6.07 Å². The van der Waals surface area contributed by atoms with E-state index in [1.54, 1.807) is 18.5 Å². The first-order valence-corrected chi connectivity index (χ1v) is 5.23. The van der Waals surface area contributed by atoms with E-state index in [9.17, 15) is 0 Å². The minimum atomic E-state index is 0.448. The van der Waals surface area contributed by atoms with E-state index in [1.165, 1.54) is 6.20 Å². The average Bonchev–Trinajstić information content (AvgIpc) is 2.39. The van der Waals surface area contributed by atoms with Gasteiger partial charge in [-0.25, -0.2) is 0 Å². The van der Waals surface area contributed by atoms with E-state index in [0.29, 0.717) is 11.4 Å². The minimum Gasteiger partial charge on any atom is -0.263 e. The second-order valence-electron chi connectivity index (χ2n) is 3.26. The van der Waals surface area contributed by atoms with Crippen molar-refractivity contribution in [2.45, 2.75) is 5.88 Å². The Morgan fingerprint density at radius 1 is 1.25 bits per heavy atom. The number of pyridine rings is 2. The number of hydrogen-bond acceptors (Lipinski definition) is 3. The van der Waals surface area contributed by atoms with Gasteiger partial charge in [0.15, 0.2) is 0 Å². The summed E-state index contributed by atoms with van der Waals surface area (Å²) in [5.74, 6) is 0.448. The molecule has 0 saturated carbocycles. The molecule has 0 aliphatic rings. The molecular formula is C12H8ClN3. The predicted molar refractivity (Wildman–Crippen MR) is 61.7 cm³/mol. The number of nitrogens with zero attached hydrogens (tertiary/aromatic N) is 3. The number of alkyl halides is 1. The maximum absolute atomic E-state index is 8.76. The molecule has 2 heterocycles. The molecule has 0 aliphatic heterocycles. The third-order valence-electron chi connectivity index (χ3n) is 2.14. The highest BCUT2D eigenvalue weighted by atomic mass is 35.5. The molecule has 0 N–H and O–H groups in total. The van der Waals surface area contributed by atoms with E-state index in [1.807, 2.05) is 18.2 Å². The molecule has 0 radical (unpaired) electrons. The van der Waals surface area contributed by atoms with Crippen molar-refractivity contribution in [1.29, 1.82) is 5.26 Å². The van der Waals surface area contributed by atoms with Crippen LogP contribution in [0.1, 0.15) is 11.1 Å². The topological polar surface area (TPSA) is 49.6 Å². The predicted octanol–water partition coefficient (Wildman–Crippen LogP) is 2.75. The van der Waals surface area contributed by atoms with Crippen LogP contribution in [0.3, 0.4) is 0 Å².